The predicted octanol–water partition coefficient (Wildman–Crippen LogP) is 3.99. The van der Waals surface area contributed by atoms with Crippen molar-refractivity contribution in [2.75, 3.05) is 0 Å². The smallest absolute Gasteiger partial charge is 0.0880 e. The van der Waals surface area contributed by atoms with Gasteiger partial charge >= 0.3 is 0 Å². The van der Waals surface area contributed by atoms with E-state index in [0.717, 1.165) is 19.3 Å². The molecule has 0 radical (unpaired) electrons. The molecule has 2 N–H and O–H groups in total. The van der Waals surface area contributed by atoms with E-state index in [0.29, 0.717) is 24.7 Å². The van der Waals surface area contributed by atoms with Crippen molar-refractivity contribution in [3.63, 3.8) is 0 Å². The van der Waals surface area contributed by atoms with Crippen LogP contribution in [0.3, 0.4) is 0 Å². The molecule has 2 aliphatic heterocycles. The lowest BCUT2D eigenvalue weighted by atomic mass is 9.82. The van der Waals surface area contributed by atoms with Crippen LogP contribution in [0.5, 0.6) is 0 Å². The lowest BCUT2D eigenvalue weighted by Gasteiger charge is -2.33. The molecule has 0 unspecified atom stereocenters. The SMILES string of the molecule is CC(C)[C@H]1/C=C/[C@@](C)(O)C/C=C/[C@@]2(C)CC[C@@H](O2)[C@@](C)(O)CC1. The summed E-state index contributed by atoms with van der Waals surface area (Å²) >= 11 is 0. The second kappa shape index (κ2) is 6.70. The molecular weight excluding hydrogens is 288 g/mol. The number of ether oxygens (including phenoxy) is 1. The molecule has 0 amide bonds. The minimum absolute atomic E-state index is 0.116. The normalized spacial score (nSPS) is 48.3. The van der Waals surface area contributed by atoms with E-state index in [-0.39, 0.29) is 11.7 Å². The van der Waals surface area contributed by atoms with Gasteiger partial charge in [-0.2, -0.15) is 0 Å². The number of rotatable bonds is 1. The van der Waals surface area contributed by atoms with Crippen LogP contribution >= 0.6 is 0 Å². The Balaban J connectivity index is 2.27. The first-order valence-corrected chi connectivity index (χ1v) is 9.03. The molecule has 0 aromatic rings. The van der Waals surface area contributed by atoms with Crippen LogP contribution in [0.1, 0.15) is 66.7 Å². The topological polar surface area (TPSA) is 49.7 Å². The summed E-state index contributed by atoms with van der Waals surface area (Å²) in [4.78, 5) is 0. The first-order valence-electron chi connectivity index (χ1n) is 9.03. The van der Waals surface area contributed by atoms with E-state index in [1.54, 1.807) is 0 Å². The highest BCUT2D eigenvalue weighted by Gasteiger charge is 2.43. The van der Waals surface area contributed by atoms with Gasteiger partial charge < -0.3 is 14.9 Å². The zero-order valence-electron chi connectivity index (χ0n) is 15.4. The van der Waals surface area contributed by atoms with Gasteiger partial charge in [-0.3, -0.25) is 0 Å². The van der Waals surface area contributed by atoms with E-state index in [9.17, 15) is 10.2 Å². The van der Waals surface area contributed by atoms with Crippen molar-refractivity contribution < 1.29 is 14.9 Å². The first-order chi connectivity index (χ1) is 10.5. The van der Waals surface area contributed by atoms with Crippen molar-refractivity contribution in [1.29, 1.82) is 0 Å². The van der Waals surface area contributed by atoms with Crippen molar-refractivity contribution in [2.45, 2.75) is 89.6 Å². The largest absolute Gasteiger partial charge is 0.387 e. The lowest BCUT2D eigenvalue weighted by molar-refractivity contribution is -0.114. The fraction of sp³-hybridized carbons (Fsp3) is 0.800. The Morgan fingerprint density at radius 3 is 2.39 bits per heavy atom. The molecule has 23 heavy (non-hydrogen) atoms. The highest BCUT2D eigenvalue weighted by atomic mass is 16.5. The summed E-state index contributed by atoms with van der Waals surface area (Å²) < 4.78 is 6.20. The number of allylic oxidation sites excluding steroid dienone is 1. The van der Waals surface area contributed by atoms with E-state index in [2.05, 4.69) is 32.9 Å². The van der Waals surface area contributed by atoms with Gasteiger partial charge in [-0.05, 0) is 64.7 Å². The molecule has 0 saturated carbocycles. The van der Waals surface area contributed by atoms with Gasteiger partial charge in [0.2, 0.25) is 0 Å². The minimum atomic E-state index is -0.839. The monoisotopic (exact) mass is 322 g/mol. The van der Waals surface area contributed by atoms with Crippen LogP contribution in [0.15, 0.2) is 24.3 Å². The van der Waals surface area contributed by atoms with Crippen molar-refractivity contribution in [3.05, 3.63) is 24.3 Å². The summed E-state index contributed by atoms with van der Waals surface area (Å²) in [6.07, 6.45) is 12.0. The van der Waals surface area contributed by atoms with Crippen molar-refractivity contribution in [1.82, 2.24) is 0 Å². The maximum Gasteiger partial charge on any atom is 0.0880 e. The molecule has 0 aromatic carbocycles. The van der Waals surface area contributed by atoms with E-state index in [4.69, 9.17) is 4.74 Å². The number of fused-ring (bicyclic) bond motifs is 2. The van der Waals surface area contributed by atoms with Gasteiger partial charge in [-0.1, -0.05) is 38.2 Å². The Labute approximate surface area is 141 Å². The molecule has 0 spiro atoms. The summed E-state index contributed by atoms with van der Waals surface area (Å²) in [6, 6.07) is 0. The Bertz CT molecular complexity index is 462. The fourth-order valence-corrected chi connectivity index (χ4v) is 3.64. The zero-order valence-corrected chi connectivity index (χ0v) is 15.4. The van der Waals surface area contributed by atoms with Crippen LogP contribution in [-0.4, -0.2) is 33.1 Å². The van der Waals surface area contributed by atoms with Gasteiger partial charge in [0.25, 0.3) is 0 Å². The third-order valence-corrected chi connectivity index (χ3v) is 5.55. The van der Waals surface area contributed by atoms with Crippen LogP contribution in [-0.2, 0) is 4.74 Å². The van der Waals surface area contributed by atoms with Crippen LogP contribution < -0.4 is 0 Å². The fourth-order valence-electron chi connectivity index (χ4n) is 3.64. The molecular formula is C20H34O3. The van der Waals surface area contributed by atoms with Gasteiger partial charge in [-0.25, -0.2) is 0 Å². The number of hydrogen-bond donors (Lipinski definition) is 2. The van der Waals surface area contributed by atoms with E-state index in [1.165, 1.54) is 0 Å². The van der Waals surface area contributed by atoms with Crippen LogP contribution in [0, 0.1) is 11.8 Å². The van der Waals surface area contributed by atoms with Gasteiger partial charge in [0.1, 0.15) is 0 Å². The van der Waals surface area contributed by atoms with Gasteiger partial charge in [-0.15, -0.1) is 0 Å². The standard InChI is InChI=1S/C20H34O3/c1-15(2)16-7-12-18(3,21)10-6-11-19(4)13-9-17(23-19)20(5,22)14-8-16/h6-7,11-12,15-17,21-22H,8-10,13-14H2,1-5H3/b11-6+,12-7+/t16-,17+,18-,19-,20-/m0/s1. The molecule has 5 atom stereocenters. The molecule has 2 aliphatic rings. The maximum absolute atomic E-state index is 10.9. The number of aliphatic hydroxyl groups is 2. The Morgan fingerprint density at radius 2 is 1.74 bits per heavy atom. The highest BCUT2D eigenvalue weighted by molar-refractivity contribution is 5.11. The molecule has 2 rings (SSSR count). The molecule has 132 valence electrons. The zero-order chi connectivity index (χ0) is 17.3. The molecule has 3 heteroatoms. The van der Waals surface area contributed by atoms with Crippen molar-refractivity contribution in [3.8, 4) is 0 Å². The molecule has 1 saturated heterocycles. The van der Waals surface area contributed by atoms with Crippen LogP contribution in [0.25, 0.3) is 0 Å². The molecule has 2 heterocycles. The third kappa shape index (κ3) is 4.91. The third-order valence-electron chi connectivity index (χ3n) is 5.55. The van der Waals surface area contributed by atoms with Crippen LogP contribution in [0.2, 0.25) is 0 Å². The summed E-state index contributed by atoms with van der Waals surface area (Å²) in [5, 5.41) is 21.5. The summed E-state index contributed by atoms with van der Waals surface area (Å²) in [7, 11) is 0. The van der Waals surface area contributed by atoms with Gasteiger partial charge in [0.15, 0.2) is 0 Å². The van der Waals surface area contributed by atoms with Crippen LogP contribution in [0.4, 0.5) is 0 Å². The molecule has 3 nitrogen and oxygen atoms in total. The Hall–Kier alpha value is -0.640. The van der Waals surface area contributed by atoms with Crippen molar-refractivity contribution in [2.24, 2.45) is 11.8 Å². The summed E-state index contributed by atoms with van der Waals surface area (Å²) in [6.45, 7) is 10.2. The average Bonchev–Trinajstić information content (AvgIpc) is 2.80. The maximum atomic E-state index is 10.9. The summed E-state index contributed by atoms with van der Waals surface area (Å²) in [5.41, 5.74) is -1.97. The first kappa shape index (κ1) is 18.7. The Morgan fingerprint density at radius 1 is 1.04 bits per heavy atom. The van der Waals surface area contributed by atoms with Gasteiger partial charge in [0.05, 0.1) is 22.9 Å². The molecule has 2 bridgehead atoms. The van der Waals surface area contributed by atoms with E-state index in [1.807, 2.05) is 26.0 Å². The predicted molar refractivity (Wildman–Crippen MR) is 94.2 cm³/mol. The summed E-state index contributed by atoms with van der Waals surface area (Å²) in [5.74, 6) is 0.832. The lowest BCUT2D eigenvalue weighted by Crippen LogP contribution is -2.41. The minimum Gasteiger partial charge on any atom is -0.387 e. The van der Waals surface area contributed by atoms with E-state index < -0.39 is 11.2 Å². The molecule has 0 aliphatic carbocycles. The average molecular weight is 322 g/mol. The number of hydrogen-bond acceptors (Lipinski definition) is 3. The second-order valence-electron chi connectivity index (χ2n) is 8.58. The Kier molecular flexibility index (Phi) is 5.44. The van der Waals surface area contributed by atoms with E-state index >= 15 is 0 Å². The second-order valence-corrected chi connectivity index (χ2v) is 8.58. The molecule has 1 fully saturated rings. The highest BCUT2D eigenvalue weighted by Crippen LogP contribution is 2.39. The quantitative estimate of drug-likeness (QED) is 0.718. The van der Waals surface area contributed by atoms with Crippen molar-refractivity contribution >= 4 is 0 Å². The van der Waals surface area contributed by atoms with Gasteiger partial charge in [0, 0.05) is 0 Å². The molecule has 0 aromatic heterocycles.